The third-order valence-electron chi connectivity index (χ3n) is 5.94. The molecule has 2 heterocycles. The van der Waals surface area contributed by atoms with Crippen molar-refractivity contribution < 1.29 is 24.1 Å². The van der Waals surface area contributed by atoms with E-state index in [1.54, 1.807) is 25.6 Å². The lowest BCUT2D eigenvalue weighted by atomic mass is 10.0. The molecular weight excluding hydrogens is 440 g/mol. The van der Waals surface area contributed by atoms with E-state index in [0.717, 1.165) is 24.8 Å². The molecular formula is C25H36N2O5S. The third-order valence-corrected chi connectivity index (χ3v) is 6.94. The van der Waals surface area contributed by atoms with Crippen LogP contribution in [0.3, 0.4) is 0 Å². The highest BCUT2D eigenvalue weighted by Gasteiger charge is 2.33. The number of rotatable bonds is 13. The Kier molecular flexibility index (Phi) is 9.99. The number of ether oxygens (including phenoxy) is 3. The first kappa shape index (κ1) is 25.5. The molecule has 1 aromatic heterocycles. The lowest BCUT2D eigenvalue weighted by molar-refractivity contribution is -0.136. The molecule has 0 saturated carbocycles. The van der Waals surface area contributed by atoms with Crippen molar-refractivity contribution in [2.75, 3.05) is 53.6 Å². The van der Waals surface area contributed by atoms with E-state index < -0.39 is 6.10 Å². The van der Waals surface area contributed by atoms with Gasteiger partial charge in [-0.05, 0) is 42.0 Å². The van der Waals surface area contributed by atoms with Crippen LogP contribution in [-0.4, -0.2) is 80.5 Å². The molecule has 1 aliphatic rings. The van der Waals surface area contributed by atoms with Gasteiger partial charge in [0.25, 0.3) is 0 Å². The second kappa shape index (κ2) is 12.9. The van der Waals surface area contributed by atoms with Gasteiger partial charge in [-0.15, -0.1) is 11.3 Å². The predicted octanol–water partition coefficient (Wildman–Crippen LogP) is 3.37. The van der Waals surface area contributed by atoms with Crippen LogP contribution in [0.25, 0.3) is 0 Å². The summed E-state index contributed by atoms with van der Waals surface area (Å²) < 4.78 is 16.8. The Balaban J connectivity index is 1.73. The number of nitrogens with zero attached hydrogens (tertiary/aromatic N) is 2. The van der Waals surface area contributed by atoms with Gasteiger partial charge in [0.15, 0.2) is 11.5 Å². The molecule has 33 heavy (non-hydrogen) atoms. The van der Waals surface area contributed by atoms with E-state index in [-0.39, 0.29) is 18.5 Å². The first-order valence-corrected chi connectivity index (χ1v) is 12.5. The van der Waals surface area contributed by atoms with Crippen molar-refractivity contribution in [3.63, 3.8) is 0 Å². The molecule has 0 radical (unpaired) electrons. The minimum atomic E-state index is -0.450. The molecule has 0 fully saturated rings. The van der Waals surface area contributed by atoms with Crippen molar-refractivity contribution in [2.45, 2.75) is 38.3 Å². The van der Waals surface area contributed by atoms with E-state index in [2.05, 4.69) is 11.4 Å². The number of amides is 1. The number of hydrogen-bond donors (Lipinski definition) is 1. The van der Waals surface area contributed by atoms with Crippen molar-refractivity contribution in [3.05, 3.63) is 46.2 Å². The molecule has 2 atom stereocenters. The molecule has 0 saturated heterocycles. The maximum absolute atomic E-state index is 13.5. The number of hydrogen-bond acceptors (Lipinski definition) is 7. The number of para-hydroxylation sites is 2. The normalized spacial score (nSPS) is 16.5. The molecule has 182 valence electrons. The van der Waals surface area contributed by atoms with Gasteiger partial charge in [-0.3, -0.25) is 9.69 Å². The topological polar surface area (TPSA) is 71.5 Å². The lowest BCUT2D eigenvalue weighted by Crippen LogP contribution is -2.48. The molecule has 0 spiro atoms. The molecule has 7 nitrogen and oxygen atoms in total. The highest BCUT2D eigenvalue weighted by atomic mass is 32.1. The van der Waals surface area contributed by atoms with Crippen molar-refractivity contribution in [1.82, 2.24) is 9.80 Å². The Morgan fingerprint density at radius 3 is 2.79 bits per heavy atom. The van der Waals surface area contributed by atoms with Gasteiger partial charge < -0.3 is 24.2 Å². The number of fused-ring (bicyclic) bond motifs is 1. The van der Waals surface area contributed by atoms with E-state index in [4.69, 9.17) is 14.2 Å². The molecule has 1 aromatic carbocycles. The fourth-order valence-electron chi connectivity index (χ4n) is 4.24. The van der Waals surface area contributed by atoms with E-state index in [1.165, 1.54) is 4.88 Å². The summed E-state index contributed by atoms with van der Waals surface area (Å²) in [5.41, 5.74) is 1.16. The maximum atomic E-state index is 13.5. The highest BCUT2D eigenvalue weighted by molar-refractivity contribution is 7.10. The zero-order valence-electron chi connectivity index (χ0n) is 19.9. The number of aliphatic hydroxyl groups is 1. The monoisotopic (exact) mass is 476 g/mol. The van der Waals surface area contributed by atoms with Gasteiger partial charge >= 0.3 is 0 Å². The minimum Gasteiger partial charge on any atom is -0.493 e. The Hall–Kier alpha value is -2.13. The summed E-state index contributed by atoms with van der Waals surface area (Å²) >= 11 is 1.73. The number of carbonyl (C=O) groups is 1. The zero-order valence-corrected chi connectivity index (χ0v) is 20.7. The third kappa shape index (κ3) is 6.93. The van der Waals surface area contributed by atoms with Crippen LogP contribution < -0.4 is 9.47 Å². The predicted molar refractivity (Wildman–Crippen MR) is 130 cm³/mol. The highest BCUT2D eigenvalue weighted by Crippen LogP contribution is 2.35. The van der Waals surface area contributed by atoms with Crippen LogP contribution in [0.15, 0.2) is 35.7 Å². The standard InChI is InChI=1S/C25H36N2O5S/c1-4-7-19(28)16-26(13-14-30-2)17-25(29)27-12-10-24-20(11-15-33-24)21(27)18-32-23-9-6-5-8-22(23)31-3/h5-6,8-9,11,15,19,21,28H,4,7,10,12-14,16-18H2,1-3H3/t19-,21-/m1/s1. The molecule has 3 rings (SSSR count). The van der Waals surface area contributed by atoms with E-state index in [9.17, 15) is 9.90 Å². The Morgan fingerprint density at radius 1 is 1.27 bits per heavy atom. The Bertz CT molecular complexity index is 874. The number of thiophene rings is 1. The fraction of sp³-hybridized carbons (Fsp3) is 0.560. The van der Waals surface area contributed by atoms with Gasteiger partial charge in [0, 0.05) is 31.6 Å². The van der Waals surface area contributed by atoms with E-state index in [1.807, 2.05) is 41.0 Å². The molecule has 8 heteroatoms. The molecule has 1 amide bonds. The lowest BCUT2D eigenvalue weighted by Gasteiger charge is -2.37. The second-order valence-corrected chi connectivity index (χ2v) is 9.28. The first-order valence-electron chi connectivity index (χ1n) is 11.6. The molecule has 1 aliphatic heterocycles. The summed E-state index contributed by atoms with van der Waals surface area (Å²) in [7, 11) is 3.27. The summed E-state index contributed by atoms with van der Waals surface area (Å²) in [6.07, 6.45) is 2.02. The van der Waals surface area contributed by atoms with Crippen LogP contribution in [0.1, 0.15) is 36.2 Å². The van der Waals surface area contributed by atoms with E-state index >= 15 is 0 Å². The van der Waals surface area contributed by atoms with E-state index in [0.29, 0.717) is 44.3 Å². The molecule has 2 aromatic rings. The van der Waals surface area contributed by atoms with Crippen molar-refractivity contribution in [1.29, 1.82) is 0 Å². The quantitative estimate of drug-likeness (QED) is 0.478. The van der Waals surface area contributed by atoms with Gasteiger partial charge in [0.2, 0.25) is 5.91 Å². The van der Waals surface area contributed by atoms with Gasteiger partial charge in [-0.2, -0.15) is 0 Å². The van der Waals surface area contributed by atoms with Crippen LogP contribution in [0.2, 0.25) is 0 Å². The Labute approximate surface area is 200 Å². The smallest absolute Gasteiger partial charge is 0.237 e. The first-order chi connectivity index (χ1) is 16.1. The summed E-state index contributed by atoms with van der Waals surface area (Å²) in [5.74, 6) is 1.38. The number of carbonyl (C=O) groups excluding carboxylic acids is 1. The second-order valence-electron chi connectivity index (χ2n) is 8.28. The number of methoxy groups -OCH3 is 2. The van der Waals surface area contributed by atoms with Crippen LogP contribution in [0.5, 0.6) is 11.5 Å². The largest absolute Gasteiger partial charge is 0.493 e. The van der Waals surface area contributed by atoms with Gasteiger partial charge in [0.05, 0.1) is 32.4 Å². The number of aliphatic hydroxyl groups excluding tert-OH is 1. The molecule has 0 aliphatic carbocycles. The molecule has 1 N–H and O–H groups in total. The molecule has 0 bridgehead atoms. The Morgan fingerprint density at radius 2 is 2.06 bits per heavy atom. The van der Waals surface area contributed by atoms with Crippen LogP contribution in [-0.2, 0) is 16.0 Å². The SMILES string of the molecule is CCC[C@@H](O)CN(CCOC)CC(=O)N1CCc2sccc2[C@H]1COc1ccccc1OC. The summed E-state index contributed by atoms with van der Waals surface area (Å²) in [6.45, 7) is 4.88. The summed E-state index contributed by atoms with van der Waals surface area (Å²) in [4.78, 5) is 18.7. The van der Waals surface area contributed by atoms with Crippen LogP contribution >= 0.6 is 11.3 Å². The van der Waals surface area contributed by atoms with Crippen molar-refractivity contribution in [2.24, 2.45) is 0 Å². The average Bonchev–Trinajstić information content (AvgIpc) is 3.30. The van der Waals surface area contributed by atoms with Gasteiger partial charge in [-0.25, -0.2) is 0 Å². The summed E-state index contributed by atoms with van der Waals surface area (Å²) in [6, 6.07) is 9.49. The summed E-state index contributed by atoms with van der Waals surface area (Å²) in [5, 5.41) is 12.4. The van der Waals surface area contributed by atoms with Crippen LogP contribution in [0.4, 0.5) is 0 Å². The minimum absolute atomic E-state index is 0.0419. The fourth-order valence-corrected chi connectivity index (χ4v) is 5.17. The average molecular weight is 477 g/mol. The maximum Gasteiger partial charge on any atom is 0.237 e. The van der Waals surface area contributed by atoms with Crippen molar-refractivity contribution in [3.8, 4) is 11.5 Å². The zero-order chi connectivity index (χ0) is 23.6. The van der Waals surface area contributed by atoms with Gasteiger partial charge in [-0.1, -0.05) is 25.5 Å². The van der Waals surface area contributed by atoms with Crippen LogP contribution in [0, 0.1) is 0 Å². The van der Waals surface area contributed by atoms with Gasteiger partial charge in [0.1, 0.15) is 6.61 Å². The number of benzene rings is 1. The van der Waals surface area contributed by atoms with Crippen molar-refractivity contribution >= 4 is 17.2 Å². The molecule has 0 unspecified atom stereocenters.